The molecule has 0 fully saturated rings. The van der Waals surface area contributed by atoms with Gasteiger partial charge in [-0.25, -0.2) is 4.99 Å². The number of anilines is 1. The number of aromatic nitrogens is 1. The van der Waals surface area contributed by atoms with Crippen molar-refractivity contribution >= 4 is 23.5 Å². The van der Waals surface area contributed by atoms with E-state index in [0.29, 0.717) is 11.5 Å². The van der Waals surface area contributed by atoms with E-state index in [4.69, 9.17) is 0 Å². The molecule has 2 heterocycles. The number of carbonyl (C=O) groups excluding carboxylic acids is 1. The molecule has 0 bridgehead atoms. The molecule has 5 heteroatoms. The van der Waals surface area contributed by atoms with Crippen LogP contribution in [0.5, 0.6) is 0 Å². The Balaban J connectivity index is 1.87. The summed E-state index contributed by atoms with van der Waals surface area (Å²) in [5.74, 6) is 0.338. The summed E-state index contributed by atoms with van der Waals surface area (Å²) < 4.78 is 0. The van der Waals surface area contributed by atoms with Gasteiger partial charge in [0.1, 0.15) is 11.5 Å². The number of amides is 1. The summed E-state index contributed by atoms with van der Waals surface area (Å²) in [7, 11) is 3.98. The maximum Gasteiger partial charge on any atom is 0.275 e. The van der Waals surface area contributed by atoms with Crippen molar-refractivity contribution < 1.29 is 4.79 Å². The highest BCUT2D eigenvalue weighted by Gasteiger charge is 2.20. The van der Waals surface area contributed by atoms with Crippen LogP contribution in [0, 0.1) is 0 Å². The number of amidine groups is 1. The van der Waals surface area contributed by atoms with Gasteiger partial charge in [0.05, 0.1) is 0 Å². The van der Waals surface area contributed by atoms with Crippen molar-refractivity contribution in [3.63, 3.8) is 0 Å². The second kappa shape index (κ2) is 5.81. The van der Waals surface area contributed by atoms with E-state index in [1.807, 2.05) is 55.4 Å². The van der Waals surface area contributed by atoms with E-state index in [1.165, 1.54) is 0 Å². The fourth-order valence-electron chi connectivity index (χ4n) is 2.13. The summed E-state index contributed by atoms with van der Waals surface area (Å²) in [5, 5.41) is 2.76. The summed E-state index contributed by atoms with van der Waals surface area (Å²) >= 11 is 0. The first-order valence-electron chi connectivity index (χ1n) is 6.93. The highest BCUT2D eigenvalue weighted by molar-refractivity contribution is 6.19. The van der Waals surface area contributed by atoms with Gasteiger partial charge in [-0.2, -0.15) is 0 Å². The Hall–Kier alpha value is -2.95. The molecule has 5 nitrogen and oxygen atoms in total. The number of pyridine rings is 1. The molecule has 0 saturated heterocycles. The van der Waals surface area contributed by atoms with Crippen molar-refractivity contribution in [2.24, 2.45) is 4.99 Å². The van der Waals surface area contributed by atoms with Crippen LogP contribution in [0.1, 0.15) is 11.1 Å². The maximum atomic E-state index is 12.0. The first-order valence-corrected chi connectivity index (χ1v) is 6.93. The lowest BCUT2D eigenvalue weighted by atomic mass is 10.1. The fraction of sp³-hybridized carbons (Fsp3) is 0.118. The van der Waals surface area contributed by atoms with Crippen molar-refractivity contribution in [1.29, 1.82) is 0 Å². The van der Waals surface area contributed by atoms with Gasteiger partial charge >= 0.3 is 0 Å². The summed E-state index contributed by atoms with van der Waals surface area (Å²) in [5.41, 5.74) is 3.24. The second-order valence-electron chi connectivity index (χ2n) is 5.17. The Morgan fingerprint density at radius 1 is 1.14 bits per heavy atom. The van der Waals surface area contributed by atoms with Crippen LogP contribution in [0.15, 0.2) is 59.5 Å². The van der Waals surface area contributed by atoms with Gasteiger partial charge in [-0.05, 0) is 35.9 Å². The van der Waals surface area contributed by atoms with E-state index in [9.17, 15) is 4.79 Å². The van der Waals surface area contributed by atoms with Crippen molar-refractivity contribution in [3.8, 4) is 0 Å². The molecule has 0 aliphatic carbocycles. The molecular formula is C17H16N4O. The number of nitrogens with zero attached hydrogens (tertiary/aromatic N) is 3. The lowest BCUT2D eigenvalue weighted by molar-refractivity contribution is -0.115. The molecule has 0 atom stereocenters. The largest absolute Gasteiger partial charge is 0.378 e. The second-order valence-corrected chi connectivity index (χ2v) is 5.17. The molecule has 1 amide bonds. The Labute approximate surface area is 129 Å². The minimum atomic E-state index is -0.199. The number of nitrogens with one attached hydrogen (secondary N) is 1. The van der Waals surface area contributed by atoms with E-state index >= 15 is 0 Å². The fourth-order valence-corrected chi connectivity index (χ4v) is 2.13. The third kappa shape index (κ3) is 2.88. The molecule has 22 heavy (non-hydrogen) atoms. The van der Waals surface area contributed by atoms with Crippen LogP contribution >= 0.6 is 0 Å². The first kappa shape index (κ1) is 14.0. The smallest absolute Gasteiger partial charge is 0.275 e. The zero-order valence-corrected chi connectivity index (χ0v) is 12.4. The molecule has 1 aromatic heterocycles. The van der Waals surface area contributed by atoms with Gasteiger partial charge < -0.3 is 10.2 Å². The molecule has 0 radical (unpaired) electrons. The van der Waals surface area contributed by atoms with Gasteiger partial charge in [0.15, 0.2) is 0 Å². The van der Waals surface area contributed by atoms with Gasteiger partial charge in [0, 0.05) is 37.7 Å². The first-order chi connectivity index (χ1) is 10.6. The molecule has 1 aromatic carbocycles. The number of aliphatic imine (C=N–C) groups is 1. The average molecular weight is 292 g/mol. The number of benzene rings is 1. The average Bonchev–Trinajstić information content (AvgIpc) is 2.90. The molecule has 0 spiro atoms. The monoisotopic (exact) mass is 292 g/mol. The molecule has 3 rings (SSSR count). The number of rotatable bonds is 3. The van der Waals surface area contributed by atoms with Gasteiger partial charge in [-0.3, -0.25) is 9.78 Å². The standard InChI is InChI=1S/C17H16N4O/c1-21(2)14-7-5-12(6-8-14)10-15-17(22)20-16(19-15)13-4-3-9-18-11-13/h3-11H,1-2H3,(H,19,20,22)/b15-10+. The SMILES string of the molecule is CN(C)c1ccc(/C=C2/N=C(c3cccnc3)NC2=O)cc1. The maximum absolute atomic E-state index is 12.0. The Morgan fingerprint density at radius 3 is 2.55 bits per heavy atom. The molecule has 1 aliphatic rings. The van der Waals surface area contributed by atoms with Crippen LogP contribution in [0.2, 0.25) is 0 Å². The van der Waals surface area contributed by atoms with E-state index in [0.717, 1.165) is 16.8 Å². The molecule has 0 saturated carbocycles. The lowest BCUT2D eigenvalue weighted by Crippen LogP contribution is -2.24. The summed E-state index contributed by atoms with van der Waals surface area (Å²) in [6, 6.07) is 11.6. The van der Waals surface area contributed by atoms with Crippen LogP contribution in [0.3, 0.4) is 0 Å². The van der Waals surface area contributed by atoms with Gasteiger partial charge in [0.2, 0.25) is 0 Å². The summed E-state index contributed by atoms with van der Waals surface area (Å²) in [6.07, 6.45) is 5.13. The molecular weight excluding hydrogens is 276 g/mol. The summed E-state index contributed by atoms with van der Waals surface area (Å²) in [4.78, 5) is 22.4. The van der Waals surface area contributed by atoms with Crippen molar-refractivity contribution in [2.45, 2.75) is 0 Å². The van der Waals surface area contributed by atoms with Crippen LogP contribution in [0.4, 0.5) is 5.69 Å². The predicted molar refractivity (Wildman–Crippen MR) is 87.7 cm³/mol. The number of carbonyl (C=O) groups is 1. The van der Waals surface area contributed by atoms with E-state index in [1.54, 1.807) is 18.5 Å². The Kier molecular flexibility index (Phi) is 3.70. The number of hydrogen-bond donors (Lipinski definition) is 1. The van der Waals surface area contributed by atoms with Crippen molar-refractivity contribution in [1.82, 2.24) is 10.3 Å². The highest BCUT2D eigenvalue weighted by Crippen LogP contribution is 2.17. The molecule has 2 aromatic rings. The van der Waals surface area contributed by atoms with Crippen LogP contribution in [-0.2, 0) is 4.79 Å². The van der Waals surface area contributed by atoms with Gasteiger partial charge in [-0.1, -0.05) is 12.1 Å². The minimum absolute atomic E-state index is 0.199. The van der Waals surface area contributed by atoms with Crippen molar-refractivity contribution in [2.75, 3.05) is 19.0 Å². The van der Waals surface area contributed by atoms with E-state index in [-0.39, 0.29) is 5.91 Å². The third-order valence-corrected chi connectivity index (χ3v) is 3.34. The third-order valence-electron chi connectivity index (χ3n) is 3.34. The molecule has 1 N–H and O–H groups in total. The Morgan fingerprint density at radius 2 is 1.91 bits per heavy atom. The van der Waals surface area contributed by atoms with E-state index in [2.05, 4.69) is 15.3 Å². The number of hydrogen-bond acceptors (Lipinski definition) is 4. The van der Waals surface area contributed by atoms with Crippen LogP contribution < -0.4 is 10.2 Å². The quantitative estimate of drug-likeness (QED) is 0.881. The van der Waals surface area contributed by atoms with Gasteiger partial charge in [-0.15, -0.1) is 0 Å². The Bertz CT molecular complexity index is 746. The van der Waals surface area contributed by atoms with Gasteiger partial charge in [0.25, 0.3) is 5.91 Å². The molecule has 110 valence electrons. The highest BCUT2D eigenvalue weighted by atomic mass is 16.2. The summed E-state index contributed by atoms with van der Waals surface area (Å²) in [6.45, 7) is 0. The normalized spacial score (nSPS) is 15.6. The zero-order chi connectivity index (χ0) is 15.5. The topological polar surface area (TPSA) is 57.6 Å². The van der Waals surface area contributed by atoms with E-state index < -0.39 is 0 Å². The predicted octanol–water partition coefficient (Wildman–Crippen LogP) is 2.07. The van der Waals surface area contributed by atoms with Crippen molar-refractivity contribution in [3.05, 3.63) is 65.6 Å². The van der Waals surface area contributed by atoms with Crippen LogP contribution in [0.25, 0.3) is 6.08 Å². The molecule has 0 unspecified atom stereocenters. The zero-order valence-electron chi connectivity index (χ0n) is 12.4. The minimum Gasteiger partial charge on any atom is -0.378 e. The van der Waals surface area contributed by atoms with Crippen LogP contribution in [-0.4, -0.2) is 30.8 Å². The lowest BCUT2D eigenvalue weighted by Gasteiger charge is -2.11. The molecule has 1 aliphatic heterocycles.